The number of ketones is 1. The summed E-state index contributed by atoms with van der Waals surface area (Å²) in [6, 6.07) is 0. The molecule has 0 amide bonds. The SMILES string of the molecule is CC1=CC(=O)CC(C)(C)C1=CCC(C)O[C@@H]1O[C@H](CO[C@@H]2OC[C@@H](O)[C@H](O)[C@H]2O)[C@@H](O)[C@H](O)[C@H]1O. The van der Waals surface area contributed by atoms with E-state index in [1.54, 1.807) is 13.0 Å². The summed E-state index contributed by atoms with van der Waals surface area (Å²) in [7, 11) is 0. The van der Waals surface area contributed by atoms with Gasteiger partial charge in [0.25, 0.3) is 0 Å². The Morgan fingerprint density at radius 1 is 1.06 bits per heavy atom. The molecule has 0 spiro atoms. The van der Waals surface area contributed by atoms with E-state index >= 15 is 0 Å². The van der Waals surface area contributed by atoms with Crippen LogP contribution in [0, 0.1) is 5.41 Å². The van der Waals surface area contributed by atoms with Crippen molar-refractivity contribution in [1.29, 1.82) is 0 Å². The van der Waals surface area contributed by atoms with E-state index in [4.69, 9.17) is 18.9 Å². The van der Waals surface area contributed by atoms with E-state index in [2.05, 4.69) is 0 Å². The van der Waals surface area contributed by atoms with Crippen molar-refractivity contribution in [3.8, 4) is 0 Å². The van der Waals surface area contributed by atoms with E-state index in [9.17, 15) is 35.4 Å². The first kappa shape index (κ1) is 28.3. The van der Waals surface area contributed by atoms with Crippen molar-refractivity contribution in [2.24, 2.45) is 5.41 Å². The summed E-state index contributed by atoms with van der Waals surface area (Å²) in [6.45, 7) is 7.06. The predicted molar refractivity (Wildman–Crippen MR) is 121 cm³/mol. The van der Waals surface area contributed by atoms with Crippen LogP contribution in [-0.2, 0) is 23.7 Å². The average molecular weight is 503 g/mol. The van der Waals surface area contributed by atoms with Crippen molar-refractivity contribution in [2.45, 2.75) is 102 Å². The molecule has 1 unspecified atom stereocenters. The molecule has 11 heteroatoms. The molecule has 200 valence electrons. The predicted octanol–water partition coefficient (Wildman–Crippen LogP) is -1.08. The molecular weight excluding hydrogens is 464 g/mol. The van der Waals surface area contributed by atoms with E-state index in [0.29, 0.717) is 12.8 Å². The van der Waals surface area contributed by atoms with Gasteiger partial charge in [-0.2, -0.15) is 0 Å². The quantitative estimate of drug-likeness (QED) is 0.250. The number of aliphatic hydroxyl groups is 6. The lowest BCUT2D eigenvalue weighted by molar-refractivity contribution is -0.326. The van der Waals surface area contributed by atoms with Crippen LogP contribution in [0.5, 0.6) is 0 Å². The van der Waals surface area contributed by atoms with Crippen molar-refractivity contribution in [3.05, 3.63) is 23.3 Å². The van der Waals surface area contributed by atoms with Crippen LogP contribution in [0.2, 0.25) is 0 Å². The summed E-state index contributed by atoms with van der Waals surface area (Å²) in [6.07, 6.45) is -8.47. The third-order valence-corrected chi connectivity index (χ3v) is 6.72. The Labute approximate surface area is 204 Å². The normalized spacial score (nSPS) is 42.1. The van der Waals surface area contributed by atoms with Crippen LogP contribution in [0.25, 0.3) is 0 Å². The average Bonchev–Trinajstić information content (AvgIpc) is 2.76. The summed E-state index contributed by atoms with van der Waals surface area (Å²) < 4.78 is 22.1. The summed E-state index contributed by atoms with van der Waals surface area (Å²) >= 11 is 0. The molecule has 6 N–H and O–H groups in total. The highest BCUT2D eigenvalue weighted by Gasteiger charge is 2.46. The fourth-order valence-electron chi connectivity index (χ4n) is 4.72. The number of carbonyl (C=O) groups excluding carboxylic acids is 1. The Balaban J connectivity index is 1.59. The minimum atomic E-state index is -1.58. The van der Waals surface area contributed by atoms with Gasteiger partial charge in [-0.1, -0.05) is 19.9 Å². The van der Waals surface area contributed by atoms with Crippen LogP contribution < -0.4 is 0 Å². The van der Waals surface area contributed by atoms with Gasteiger partial charge in [0, 0.05) is 6.42 Å². The first-order valence-corrected chi connectivity index (χ1v) is 11.9. The summed E-state index contributed by atoms with van der Waals surface area (Å²) in [5, 5.41) is 60.3. The van der Waals surface area contributed by atoms with Gasteiger partial charge in [-0.15, -0.1) is 0 Å². The van der Waals surface area contributed by atoms with Gasteiger partial charge in [-0.3, -0.25) is 4.79 Å². The molecule has 11 nitrogen and oxygen atoms in total. The second-order valence-corrected chi connectivity index (χ2v) is 10.3. The highest BCUT2D eigenvalue weighted by molar-refractivity contribution is 5.93. The Morgan fingerprint density at radius 2 is 1.71 bits per heavy atom. The van der Waals surface area contributed by atoms with Crippen LogP contribution in [0.15, 0.2) is 23.3 Å². The number of ether oxygens (including phenoxy) is 4. The molecule has 1 aliphatic carbocycles. The van der Waals surface area contributed by atoms with Crippen molar-refractivity contribution in [1.82, 2.24) is 0 Å². The van der Waals surface area contributed by atoms with Crippen LogP contribution in [0.1, 0.15) is 40.5 Å². The smallest absolute Gasteiger partial charge is 0.186 e. The van der Waals surface area contributed by atoms with Crippen molar-refractivity contribution < 1.29 is 54.4 Å². The standard InChI is InChI=1S/C24H38O11/c1-11-7-13(25)8-24(3,4)14(11)6-5-12(2)34-23-21(31)19(29)18(28)16(35-23)10-33-22-20(30)17(27)15(26)9-32-22/h6-7,12,15-23,26-31H,5,8-10H2,1-4H3/t12?,15-,16-,17+,18-,19+,20-,21-,22+,23-/m1/s1. The maximum Gasteiger partial charge on any atom is 0.186 e. The highest BCUT2D eigenvalue weighted by Crippen LogP contribution is 2.39. The molecule has 2 saturated heterocycles. The van der Waals surface area contributed by atoms with Crippen molar-refractivity contribution in [3.63, 3.8) is 0 Å². The molecule has 0 aromatic rings. The minimum absolute atomic E-state index is 0.0883. The van der Waals surface area contributed by atoms with Crippen LogP contribution in [-0.4, -0.2) is 111 Å². The second-order valence-electron chi connectivity index (χ2n) is 10.3. The summed E-state index contributed by atoms with van der Waals surface area (Å²) in [5.74, 6) is 0.0883. The zero-order chi connectivity index (χ0) is 26.1. The topological polar surface area (TPSA) is 175 Å². The van der Waals surface area contributed by atoms with E-state index in [-0.39, 0.29) is 24.4 Å². The third-order valence-electron chi connectivity index (χ3n) is 6.72. The molecule has 0 aromatic carbocycles. The number of rotatable bonds is 7. The lowest BCUT2D eigenvalue weighted by atomic mass is 9.72. The molecule has 2 fully saturated rings. The van der Waals surface area contributed by atoms with Gasteiger partial charge in [0.15, 0.2) is 18.4 Å². The van der Waals surface area contributed by atoms with Crippen LogP contribution >= 0.6 is 0 Å². The van der Waals surface area contributed by atoms with Gasteiger partial charge in [0.1, 0.15) is 42.7 Å². The van der Waals surface area contributed by atoms with E-state index in [1.165, 1.54) is 0 Å². The fraction of sp³-hybridized carbons (Fsp3) is 0.792. The minimum Gasteiger partial charge on any atom is -0.388 e. The van der Waals surface area contributed by atoms with Crippen molar-refractivity contribution in [2.75, 3.05) is 13.2 Å². The largest absolute Gasteiger partial charge is 0.388 e. The van der Waals surface area contributed by atoms with Gasteiger partial charge >= 0.3 is 0 Å². The van der Waals surface area contributed by atoms with Crippen molar-refractivity contribution >= 4 is 5.78 Å². The lowest BCUT2D eigenvalue weighted by Crippen LogP contribution is -2.60. The molecule has 0 bridgehead atoms. The number of allylic oxidation sites excluding steroid dienone is 3. The molecule has 2 aliphatic heterocycles. The van der Waals surface area contributed by atoms with Gasteiger partial charge in [-0.25, -0.2) is 0 Å². The molecule has 0 saturated carbocycles. The Bertz CT molecular complexity index is 809. The van der Waals surface area contributed by atoms with Gasteiger partial charge in [-0.05, 0) is 42.9 Å². The monoisotopic (exact) mass is 502 g/mol. The highest BCUT2D eigenvalue weighted by atomic mass is 16.7. The molecule has 10 atom stereocenters. The van der Waals surface area contributed by atoms with E-state index < -0.39 is 61.4 Å². The number of hydrogen-bond acceptors (Lipinski definition) is 11. The maximum absolute atomic E-state index is 11.9. The lowest BCUT2D eigenvalue weighted by Gasteiger charge is -2.42. The van der Waals surface area contributed by atoms with Gasteiger partial charge in [0.2, 0.25) is 0 Å². The molecule has 3 aliphatic rings. The number of carbonyl (C=O) groups is 1. The Hall–Kier alpha value is -1.25. The van der Waals surface area contributed by atoms with Gasteiger partial charge < -0.3 is 49.6 Å². The van der Waals surface area contributed by atoms with Crippen LogP contribution in [0.3, 0.4) is 0 Å². The zero-order valence-corrected chi connectivity index (χ0v) is 20.5. The number of aliphatic hydroxyl groups excluding tert-OH is 6. The Morgan fingerprint density at radius 3 is 2.37 bits per heavy atom. The van der Waals surface area contributed by atoms with E-state index in [0.717, 1.165) is 11.1 Å². The van der Waals surface area contributed by atoms with Crippen LogP contribution in [0.4, 0.5) is 0 Å². The molecular formula is C24H38O11. The van der Waals surface area contributed by atoms with Gasteiger partial charge in [0.05, 0.1) is 19.3 Å². The van der Waals surface area contributed by atoms with E-state index in [1.807, 2.05) is 26.8 Å². The number of hydrogen-bond donors (Lipinski definition) is 6. The molecule has 3 rings (SSSR count). The fourth-order valence-corrected chi connectivity index (χ4v) is 4.72. The molecule has 0 aromatic heterocycles. The first-order chi connectivity index (χ1) is 16.3. The summed E-state index contributed by atoms with van der Waals surface area (Å²) in [5.41, 5.74) is 1.62. The molecule has 0 radical (unpaired) electrons. The zero-order valence-electron chi connectivity index (χ0n) is 20.5. The summed E-state index contributed by atoms with van der Waals surface area (Å²) in [4.78, 5) is 11.9. The maximum atomic E-state index is 11.9. The Kier molecular flexibility index (Phi) is 9.25. The third kappa shape index (κ3) is 6.55. The molecule has 35 heavy (non-hydrogen) atoms. The molecule has 2 heterocycles. The first-order valence-electron chi connectivity index (χ1n) is 11.9. The second kappa shape index (κ2) is 11.4.